The molecule has 4 nitrogen and oxygen atoms in total. The zero-order valence-electron chi connectivity index (χ0n) is 16.6. The summed E-state index contributed by atoms with van der Waals surface area (Å²) in [5.41, 5.74) is 0.577. The van der Waals surface area contributed by atoms with Crippen LogP contribution in [0.4, 0.5) is 4.79 Å². The van der Waals surface area contributed by atoms with Crippen molar-refractivity contribution in [2.75, 3.05) is 7.05 Å². The van der Waals surface area contributed by atoms with Gasteiger partial charge in [-0.15, -0.1) is 0 Å². The smallest absolute Gasteiger partial charge is 0.305 e. The van der Waals surface area contributed by atoms with Gasteiger partial charge < -0.3 is 4.90 Å². The van der Waals surface area contributed by atoms with Gasteiger partial charge in [0.2, 0.25) is 0 Å². The molecule has 0 radical (unpaired) electrons. The zero-order valence-corrected chi connectivity index (χ0v) is 17.6. The molecule has 0 aliphatic carbocycles. The molecule has 5 heteroatoms. The summed E-state index contributed by atoms with van der Waals surface area (Å²) in [7, 11) is -0.450. The van der Waals surface area contributed by atoms with E-state index in [0.29, 0.717) is 0 Å². The van der Waals surface area contributed by atoms with Crippen molar-refractivity contribution in [3.63, 3.8) is 0 Å². The van der Waals surface area contributed by atoms with Crippen LogP contribution in [0.25, 0.3) is 0 Å². The van der Waals surface area contributed by atoms with Crippen LogP contribution in [0.2, 0.25) is 18.1 Å². The Bertz CT molecular complexity index is 771. The molecule has 0 N–H and O–H groups in total. The Labute approximate surface area is 162 Å². The number of hydrogen-bond donors (Lipinski definition) is 0. The highest BCUT2D eigenvalue weighted by molar-refractivity contribution is 6.81. The number of carbonyl (C=O) groups excluding carboxylic acids is 2. The average Bonchev–Trinajstić information content (AvgIpc) is 2.93. The van der Waals surface area contributed by atoms with E-state index < -0.39 is 13.8 Å². The van der Waals surface area contributed by atoms with Gasteiger partial charge in [0.25, 0.3) is 5.91 Å². The van der Waals surface area contributed by atoms with Crippen LogP contribution >= 0.6 is 0 Å². The van der Waals surface area contributed by atoms with Gasteiger partial charge in [-0.3, -0.25) is 9.36 Å². The molecule has 27 heavy (non-hydrogen) atoms. The summed E-state index contributed by atoms with van der Waals surface area (Å²) < 4.78 is 1.67. The first kappa shape index (κ1) is 19.4. The Morgan fingerprint density at radius 2 is 1.19 bits per heavy atom. The van der Waals surface area contributed by atoms with Crippen LogP contribution in [0, 0.1) is 0 Å². The second-order valence-electron chi connectivity index (χ2n) is 7.21. The number of likely N-dealkylation sites (N-methyl/N-ethyl adjacent to an activating group) is 1. The second kappa shape index (κ2) is 7.31. The van der Waals surface area contributed by atoms with Gasteiger partial charge in [-0.05, 0) is 29.3 Å². The van der Waals surface area contributed by atoms with Gasteiger partial charge in [-0.2, -0.15) is 0 Å². The first-order valence-corrected chi connectivity index (χ1v) is 12.3. The van der Waals surface area contributed by atoms with Crippen molar-refractivity contribution in [3.05, 3.63) is 71.8 Å². The monoisotopic (exact) mass is 380 g/mol. The SMILES string of the molecule is CC[Si](CC)(CC)N1C(=O)N(C)C(c2ccccc2)(c2ccccc2)C1=O. The second-order valence-corrected chi connectivity index (χ2v) is 12.2. The van der Waals surface area contributed by atoms with E-state index in [2.05, 4.69) is 20.8 Å². The summed E-state index contributed by atoms with van der Waals surface area (Å²) in [6, 6.07) is 21.9. The normalized spacial score (nSPS) is 16.9. The van der Waals surface area contributed by atoms with Crippen molar-refractivity contribution in [2.45, 2.75) is 44.4 Å². The van der Waals surface area contributed by atoms with Gasteiger partial charge in [-0.1, -0.05) is 81.4 Å². The fraction of sp³-hybridized carbons (Fsp3) is 0.364. The number of rotatable bonds is 6. The molecule has 0 unspecified atom stereocenters. The predicted octanol–water partition coefficient (Wildman–Crippen LogP) is 4.83. The summed E-state index contributed by atoms with van der Waals surface area (Å²) >= 11 is 0. The third kappa shape index (κ3) is 2.64. The van der Waals surface area contributed by atoms with Crippen molar-refractivity contribution < 1.29 is 9.59 Å². The van der Waals surface area contributed by atoms with E-state index in [-0.39, 0.29) is 11.9 Å². The highest BCUT2D eigenvalue weighted by Crippen LogP contribution is 2.45. The van der Waals surface area contributed by atoms with E-state index in [9.17, 15) is 9.59 Å². The number of benzene rings is 2. The van der Waals surface area contributed by atoms with Gasteiger partial charge in [0.1, 0.15) is 0 Å². The number of amides is 3. The van der Waals surface area contributed by atoms with Crippen LogP contribution in [0.5, 0.6) is 0 Å². The van der Waals surface area contributed by atoms with Crippen molar-refractivity contribution in [2.24, 2.45) is 0 Å². The van der Waals surface area contributed by atoms with Gasteiger partial charge in [0, 0.05) is 7.05 Å². The Morgan fingerprint density at radius 3 is 1.56 bits per heavy atom. The summed E-state index contributed by atoms with van der Waals surface area (Å²) in [6.45, 7) is 6.35. The number of urea groups is 1. The van der Waals surface area contributed by atoms with E-state index in [1.54, 1.807) is 16.5 Å². The maximum atomic E-state index is 14.1. The number of carbonyl (C=O) groups is 2. The molecule has 142 valence electrons. The lowest BCUT2D eigenvalue weighted by atomic mass is 9.82. The molecule has 0 spiro atoms. The molecule has 1 aliphatic rings. The maximum absolute atomic E-state index is 14.1. The van der Waals surface area contributed by atoms with Crippen LogP contribution in [-0.2, 0) is 10.3 Å². The van der Waals surface area contributed by atoms with Crippen molar-refractivity contribution in [1.82, 2.24) is 9.47 Å². The van der Waals surface area contributed by atoms with Gasteiger partial charge in [0.15, 0.2) is 13.8 Å². The Balaban J connectivity index is 2.29. The standard InChI is InChI=1S/C22H28N2O2Si/c1-5-27(6-2,7-3)24-20(25)22(23(4)21(24)26,18-14-10-8-11-15-18)19-16-12-9-13-17-19/h8-17H,5-7H2,1-4H3. The maximum Gasteiger partial charge on any atom is 0.319 e. The number of imide groups is 1. The quantitative estimate of drug-likeness (QED) is 0.532. The number of nitrogens with zero attached hydrogens (tertiary/aromatic N) is 2. The fourth-order valence-electron chi connectivity index (χ4n) is 4.49. The Morgan fingerprint density at radius 1 is 0.778 bits per heavy atom. The van der Waals surface area contributed by atoms with E-state index in [1.807, 2.05) is 60.7 Å². The summed E-state index contributed by atoms with van der Waals surface area (Å²) in [5.74, 6) is -0.0929. The van der Waals surface area contributed by atoms with E-state index in [0.717, 1.165) is 29.3 Å². The first-order chi connectivity index (χ1) is 13.0. The molecule has 3 amide bonds. The van der Waals surface area contributed by atoms with Gasteiger partial charge >= 0.3 is 6.03 Å². The molecule has 2 aromatic carbocycles. The molecule has 3 rings (SSSR count). The van der Waals surface area contributed by atoms with E-state index in [4.69, 9.17) is 0 Å². The molecule has 0 atom stereocenters. The molecule has 1 fully saturated rings. The van der Waals surface area contributed by atoms with Crippen molar-refractivity contribution >= 4 is 20.2 Å². The molecular weight excluding hydrogens is 352 g/mol. The topological polar surface area (TPSA) is 40.6 Å². The summed E-state index contributed by atoms with van der Waals surface area (Å²) in [5, 5.41) is 0. The zero-order chi connectivity index (χ0) is 19.7. The third-order valence-electron chi connectivity index (χ3n) is 6.33. The lowest BCUT2D eigenvalue weighted by Gasteiger charge is -2.37. The van der Waals surface area contributed by atoms with Gasteiger partial charge in [0.05, 0.1) is 0 Å². The van der Waals surface area contributed by atoms with Gasteiger partial charge in [-0.25, -0.2) is 4.79 Å². The van der Waals surface area contributed by atoms with Crippen LogP contribution in [0.1, 0.15) is 31.9 Å². The van der Waals surface area contributed by atoms with Crippen LogP contribution < -0.4 is 0 Å². The largest absolute Gasteiger partial charge is 0.319 e. The highest BCUT2D eigenvalue weighted by atomic mass is 28.3. The first-order valence-electron chi connectivity index (χ1n) is 9.73. The fourth-order valence-corrected chi connectivity index (χ4v) is 8.08. The molecule has 0 saturated carbocycles. The lowest BCUT2D eigenvalue weighted by molar-refractivity contribution is -0.129. The molecule has 1 heterocycles. The molecule has 1 aliphatic heterocycles. The predicted molar refractivity (Wildman–Crippen MR) is 111 cm³/mol. The molecule has 1 saturated heterocycles. The van der Waals surface area contributed by atoms with E-state index in [1.165, 1.54) is 0 Å². The van der Waals surface area contributed by atoms with E-state index >= 15 is 0 Å². The highest BCUT2D eigenvalue weighted by Gasteiger charge is 2.62. The van der Waals surface area contributed by atoms with Crippen LogP contribution in [-0.4, -0.2) is 36.7 Å². The number of hydrogen-bond acceptors (Lipinski definition) is 2. The molecular formula is C22H28N2O2Si. The minimum atomic E-state index is -2.21. The Hall–Kier alpha value is -2.40. The van der Waals surface area contributed by atoms with Crippen molar-refractivity contribution in [1.29, 1.82) is 0 Å². The molecule has 0 bridgehead atoms. The lowest BCUT2D eigenvalue weighted by Crippen LogP contribution is -2.56. The summed E-state index contributed by atoms with van der Waals surface area (Å²) in [4.78, 5) is 29.2. The minimum absolute atomic E-state index is 0.0929. The Kier molecular flexibility index (Phi) is 5.24. The van der Waals surface area contributed by atoms with Crippen molar-refractivity contribution in [3.8, 4) is 0 Å². The third-order valence-corrected chi connectivity index (χ3v) is 11.6. The molecule has 0 aromatic heterocycles. The summed E-state index contributed by atoms with van der Waals surface area (Å²) in [6.07, 6.45) is 0. The van der Waals surface area contributed by atoms with Crippen LogP contribution in [0.3, 0.4) is 0 Å². The van der Waals surface area contributed by atoms with Crippen LogP contribution in [0.15, 0.2) is 60.7 Å². The average molecular weight is 381 g/mol. The minimum Gasteiger partial charge on any atom is -0.305 e. The molecule has 2 aromatic rings.